The monoisotopic (exact) mass is 312 g/mol. The standard InChI is InChI=1S/C14H21BrN2O/c1-10-3-2-6-14(8-10,9-18)17-13-7-11(15)4-5-12(13)16/h4-5,7,10,17-18H,2-3,6,8-9,16H2,1H3. The molecule has 2 atom stereocenters. The van der Waals surface area contributed by atoms with Crippen molar-refractivity contribution < 1.29 is 5.11 Å². The van der Waals surface area contributed by atoms with Crippen LogP contribution in [0.1, 0.15) is 32.6 Å². The molecule has 18 heavy (non-hydrogen) atoms. The number of benzene rings is 1. The number of nitrogen functional groups attached to an aromatic ring is 1. The van der Waals surface area contributed by atoms with Crippen molar-refractivity contribution in [3.05, 3.63) is 22.7 Å². The number of rotatable bonds is 3. The number of hydrogen-bond acceptors (Lipinski definition) is 3. The number of nitrogens with one attached hydrogen (secondary N) is 1. The third-order valence-corrected chi connectivity index (χ3v) is 4.30. The van der Waals surface area contributed by atoms with Crippen LogP contribution in [-0.2, 0) is 0 Å². The molecule has 0 amide bonds. The van der Waals surface area contributed by atoms with Crippen molar-refractivity contribution in [1.29, 1.82) is 0 Å². The fraction of sp³-hybridized carbons (Fsp3) is 0.571. The molecule has 1 fully saturated rings. The van der Waals surface area contributed by atoms with Crippen LogP contribution in [-0.4, -0.2) is 17.3 Å². The number of aliphatic hydroxyl groups excluding tert-OH is 1. The molecule has 100 valence electrons. The average molecular weight is 313 g/mol. The zero-order valence-corrected chi connectivity index (χ0v) is 12.3. The van der Waals surface area contributed by atoms with Gasteiger partial charge in [0.05, 0.1) is 23.5 Å². The minimum atomic E-state index is -0.216. The second kappa shape index (κ2) is 5.49. The van der Waals surface area contributed by atoms with Crippen molar-refractivity contribution in [1.82, 2.24) is 0 Å². The van der Waals surface area contributed by atoms with Crippen LogP contribution in [0.3, 0.4) is 0 Å². The first-order chi connectivity index (χ1) is 8.54. The maximum absolute atomic E-state index is 9.77. The van der Waals surface area contributed by atoms with E-state index in [1.54, 1.807) is 0 Å². The predicted molar refractivity (Wildman–Crippen MR) is 79.6 cm³/mol. The summed E-state index contributed by atoms with van der Waals surface area (Å²) >= 11 is 3.45. The molecule has 1 aromatic carbocycles. The number of aliphatic hydroxyl groups is 1. The normalized spacial score (nSPS) is 28.1. The van der Waals surface area contributed by atoms with E-state index in [0.29, 0.717) is 5.92 Å². The van der Waals surface area contributed by atoms with Crippen LogP contribution in [0, 0.1) is 5.92 Å². The van der Waals surface area contributed by atoms with Crippen LogP contribution in [0.2, 0.25) is 0 Å². The van der Waals surface area contributed by atoms with E-state index in [1.165, 1.54) is 6.42 Å². The van der Waals surface area contributed by atoms with Gasteiger partial charge in [0.2, 0.25) is 0 Å². The second-order valence-electron chi connectivity index (χ2n) is 5.50. The largest absolute Gasteiger partial charge is 0.397 e. The fourth-order valence-corrected chi connectivity index (χ4v) is 3.24. The van der Waals surface area contributed by atoms with E-state index < -0.39 is 0 Å². The summed E-state index contributed by atoms with van der Waals surface area (Å²) in [6, 6.07) is 5.78. The number of hydrogen-bond donors (Lipinski definition) is 3. The van der Waals surface area contributed by atoms with Gasteiger partial charge in [-0.2, -0.15) is 0 Å². The Morgan fingerprint density at radius 2 is 2.33 bits per heavy atom. The molecule has 0 aliphatic heterocycles. The number of nitrogens with two attached hydrogens (primary N) is 1. The van der Waals surface area contributed by atoms with E-state index in [4.69, 9.17) is 5.73 Å². The van der Waals surface area contributed by atoms with Gasteiger partial charge in [0, 0.05) is 4.47 Å². The van der Waals surface area contributed by atoms with Gasteiger partial charge in [-0.15, -0.1) is 0 Å². The third-order valence-electron chi connectivity index (χ3n) is 3.81. The highest BCUT2D eigenvalue weighted by Crippen LogP contribution is 2.36. The molecule has 0 saturated heterocycles. The van der Waals surface area contributed by atoms with Gasteiger partial charge in [0.1, 0.15) is 0 Å². The summed E-state index contributed by atoms with van der Waals surface area (Å²) in [5.41, 5.74) is 7.41. The van der Waals surface area contributed by atoms with Crippen LogP contribution in [0.4, 0.5) is 11.4 Å². The quantitative estimate of drug-likeness (QED) is 0.750. The maximum atomic E-state index is 9.77. The number of halogens is 1. The minimum Gasteiger partial charge on any atom is -0.397 e. The van der Waals surface area contributed by atoms with Crippen molar-refractivity contribution in [2.24, 2.45) is 5.92 Å². The molecule has 3 nitrogen and oxygen atoms in total. The van der Waals surface area contributed by atoms with E-state index in [1.807, 2.05) is 18.2 Å². The zero-order chi connectivity index (χ0) is 13.2. The Bertz CT molecular complexity index is 424. The lowest BCUT2D eigenvalue weighted by Crippen LogP contribution is -2.46. The SMILES string of the molecule is CC1CCCC(CO)(Nc2cc(Br)ccc2N)C1. The molecule has 1 aromatic rings. The predicted octanol–water partition coefficient (Wildman–Crippen LogP) is 3.38. The fourth-order valence-electron chi connectivity index (χ4n) is 2.88. The first-order valence-corrected chi connectivity index (χ1v) is 7.28. The van der Waals surface area contributed by atoms with Gasteiger partial charge < -0.3 is 16.2 Å². The zero-order valence-electron chi connectivity index (χ0n) is 10.7. The molecule has 0 aromatic heterocycles. The lowest BCUT2D eigenvalue weighted by molar-refractivity contribution is 0.149. The van der Waals surface area contributed by atoms with E-state index in [-0.39, 0.29) is 12.1 Å². The van der Waals surface area contributed by atoms with Gasteiger partial charge >= 0.3 is 0 Å². The first-order valence-electron chi connectivity index (χ1n) is 6.49. The molecule has 4 heteroatoms. The number of anilines is 2. The van der Waals surface area contributed by atoms with Crippen LogP contribution >= 0.6 is 15.9 Å². The summed E-state index contributed by atoms with van der Waals surface area (Å²) in [6.07, 6.45) is 4.40. The van der Waals surface area contributed by atoms with Gasteiger partial charge in [0.15, 0.2) is 0 Å². The molecule has 0 spiro atoms. The van der Waals surface area contributed by atoms with Gasteiger partial charge in [-0.1, -0.05) is 35.7 Å². The summed E-state index contributed by atoms with van der Waals surface area (Å²) < 4.78 is 0.996. The van der Waals surface area contributed by atoms with E-state index in [2.05, 4.69) is 28.2 Å². The van der Waals surface area contributed by atoms with Gasteiger partial charge in [-0.3, -0.25) is 0 Å². The van der Waals surface area contributed by atoms with Crippen molar-refractivity contribution in [2.75, 3.05) is 17.7 Å². The van der Waals surface area contributed by atoms with E-state index >= 15 is 0 Å². The summed E-state index contributed by atoms with van der Waals surface area (Å²) in [5.74, 6) is 0.645. The maximum Gasteiger partial charge on any atom is 0.0661 e. The minimum absolute atomic E-state index is 0.156. The molecule has 1 saturated carbocycles. The summed E-state index contributed by atoms with van der Waals surface area (Å²) in [4.78, 5) is 0. The Morgan fingerprint density at radius 3 is 3.00 bits per heavy atom. The van der Waals surface area contributed by atoms with Crippen LogP contribution in [0.15, 0.2) is 22.7 Å². The van der Waals surface area contributed by atoms with Crippen molar-refractivity contribution in [3.8, 4) is 0 Å². The van der Waals surface area contributed by atoms with E-state index in [9.17, 15) is 5.11 Å². The molecule has 2 unspecified atom stereocenters. The Hall–Kier alpha value is -0.740. The lowest BCUT2D eigenvalue weighted by Gasteiger charge is -2.40. The molecule has 1 aliphatic carbocycles. The third kappa shape index (κ3) is 2.98. The van der Waals surface area contributed by atoms with Crippen molar-refractivity contribution >= 4 is 27.3 Å². The highest BCUT2D eigenvalue weighted by atomic mass is 79.9. The average Bonchev–Trinajstić information content (AvgIpc) is 2.34. The Kier molecular flexibility index (Phi) is 4.17. The molecule has 1 aliphatic rings. The van der Waals surface area contributed by atoms with Gasteiger partial charge in [0.25, 0.3) is 0 Å². The Labute approximate surface area is 117 Å². The molecular formula is C14H21BrN2O. The highest BCUT2D eigenvalue weighted by Gasteiger charge is 2.34. The van der Waals surface area contributed by atoms with Crippen LogP contribution in [0.25, 0.3) is 0 Å². The summed E-state index contributed by atoms with van der Waals surface area (Å²) in [7, 11) is 0. The van der Waals surface area contributed by atoms with Crippen LogP contribution < -0.4 is 11.1 Å². The van der Waals surface area contributed by atoms with Crippen molar-refractivity contribution in [2.45, 2.75) is 38.1 Å². The van der Waals surface area contributed by atoms with Gasteiger partial charge in [-0.05, 0) is 37.0 Å². The lowest BCUT2D eigenvalue weighted by atomic mass is 9.76. The first kappa shape index (κ1) is 13.7. The van der Waals surface area contributed by atoms with Crippen LogP contribution in [0.5, 0.6) is 0 Å². The molecule has 0 radical (unpaired) electrons. The topological polar surface area (TPSA) is 58.3 Å². The Morgan fingerprint density at radius 1 is 1.56 bits per heavy atom. The van der Waals surface area contributed by atoms with E-state index in [0.717, 1.165) is 35.1 Å². The molecule has 0 bridgehead atoms. The van der Waals surface area contributed by atoms with Gasteiger partial charge in [-0.25, -0.2) is 0 Å². The molecular weight excluding hydrogens is 292 g/mol. The summed E-state index contributed by atoms with van der Waals surface area (Å²) in [5, 5.41) is 13.2. The van der Waals surface area contributed by atoms with Crippen molar-refractivity contribution in [3.63, 3.8) is 0 Å². The molecule has 4 N–H and O–H groups in total. The summed E-state index contributed by atoms with van der Waals surface area (Å²) in [6.45, 7) is 2.40. The molecule has 2 rings (SSSR count). The second-order valence-corrected chi connectivity index (χ2v) is 6.41. The Balaban J connectivity index is 2.21. The smallest absolute Gasteiger partial charge is 0.0661 e. The molecule has 0 heterocycles. The highest BCUT2D eigenvalue weighted by molar-refractivity contribution is 9.10.